The van der Waals surface area contributed by atoms with E-state index in [1.54, 1.807) is 4.90 Å². The molecule has 1 fully saturated rings. The van der Waals surface area contributed by atoms with Gasteiger partial charge in [0.2, 0.25) is 0 Å². The molecule has 0 saturated carbocycles. The predicted octanol–water partition coefficient (Wildman–Crippen LogP) is 3.43. The van der Waals surface area contributed by atoms with Crippen LogP contribution in [0.2, 0.25) is 0 Å². The highest BCUT2D eigenvalue weighted by molar-refractivity contribution is 5.70. The third-order valence-corrected chi connectivity index (χ3v) is 4.17. The first-order valence-corrected chi connectivity index (χ1v) is 8.29. The minimum Gasteiger partial charge on any atom is -0.449 e. The number of carbonyl (C=O) groups excluding carboxylic acids is 1. The summed E-state index contributed by atoms with van der Waals surface area (Å²) in [6, 6.07) is 5.69. The number of carbonyl (C=O) groups is 1. The average molecular weight is 327 g/mol. The number of nitrogens with one attached hydrogen (secondary N) is 1. The van der Waals surface area contributed by atoms with Gasteiger partial charge in [0, 0.05) is 13.6 Å². The van der Waals surface area contributed by atoms with Gasteiger partial charge in [-0.25, -0.2) is 9.78 Å². The number of aromatic nitrogens is 1. The number of amides is 1. The molecule has 0 spiro atoms. The van der Waals surface area contributed by atoms with Crippen molar-refractivity contribution in [2.45, 2.75) is 39.2 Å². The summed E-state index contributed by atoms with van der Waals surface area (Å²) in [6.45, 7) is 7.16. The highest BCUT2D eigenvalue weighted by Gasteiger charge is 2.40. The van der Waals surface area contributed by atoms with Gasteiger partial charge >= 0.3 is 6.09 Å². The Bertz CT molecular complexity index is 683. The van der Waals surface area contributed by atoms with Crippen molar-refractivity contribution in [3.63, 3.8) is 0 Å². The van der Waals surface area contributed by atoms with Crippen LogP contribution in [-0.4, -0.2) is 41.7 Å². The third-order valence-electron chi connectivity index (χ3n) is 4.17. The second kappa shape index (κ2) is 7.87. The van der Waals surface area contributed by atoms with Gasteiger partial charge in [0.25, 0.3) is 0 Å². The second-order valence-electron chi connectivity index (χ2n) is 6.17. The summed E-state index contributed by atoms with van der Waals surface area (Å²) in [7, 11) is 1.83. The Morgan fingerprint density at radius 3 is 3.00 bits per heavy atom. The van der Waals surface area contributed by atoms with Crippen molar-refractivity contribution in [2.24, 2.45) is 0 Å². The zero-order chi connectivity index (χ0) is 17.6. The Hall–Kier alpha value is -2.48. The van der Waals surface area contributed by atoms with Crippen molar-refractivity contribution in [1.29, 1.82) is 0 Å². The molecule has 1 saturated heterocycles. The van der Waals surface area contributed by atoms with Gasteiger partial charge in [0.1, 0.15) is 11.5 Å². The average Bonchev–Trinajstić information content (AvgIpc) is 2.87. The molecule has 0 atom stereocenters. The summed E-state index contributed by atoms with van der Waals surface area (Å²) in [4.78, 5) is 18.3. The van der Waals surface area contributed by atoms with Crippen LogP contribution in [0.1, 0.15) is 39.3 Å². The Labute approximate surface area is 144 Å². The van der Waals surface area contributed by atoms with Gasteiger partial charge in [-0.05, 0) is 56.4 Å². The summed E-state index contributed by atoms with van der Waals surface area (Å²) >= 11 is 0. The lowest BCUT2D eigenvalue weighted by molar-refractivity contribution is 0.0860. The van der Waals surface area contributed by atoms with E-state index in [1.807, 2.05) is 52.1 Å². The molecule has 2 rings (SSSR count). The highest BCUT2D eigenvalue weighted by Crippen LogP contribution is 2.34. The number of rotatable bonds is 3. The fourth-order valence-corrected chi connectivity index (χ4v) is 2.67. The third kappa shape index (κ3) is 4.08. The first-order chi connectivity index (χ1) is 11.5. The SMILES string of the molecule is CCCOC(=O)N1CC/C(=C\C#Cc2cccc(NC)n2)C1(C)C. The molecular weight excluding hydrogens is 302 g/mol. The van der Waals surface area contributed by atoms with Crippen LogP contribution in [-0.2, 0) is 4.74 Å². The van der Waals surface area contributed by atoms with Crippen LogP contribution in [0.4, 0.5) is 10.6 Å². The fraction of sp³-hybridized carbons (Fsp3) is 0.474. The van der Waals surface area contributed by atoms with E-state index in [0.29, 0.717) is 18.8 Å². The topological polar surface area (TPSA) is 54.5 Å². The van der Waals surface area contributed by atoms with E-state index in [4.69, 9.17) is 4.74 Å². The molecule has 0 unspecified atom stereocenters. The van der Waals surface area contributed by atoms with E-state index in [9.17, 15) is 4.79 Å². The zero-order valence-electron chi connectivity index (χ0n) is 14.8. The molecule has 1 N–H and O–H groups in total. The predicted molar refractivity (Wildman–Crippen MR) is 95.8 cm³/mol. The molecule has 1 aliphatic heterocycles. The minimum absolute atomic E-state index is 0.249. The molecular formula is C19H25N3O2. The summed E-state index contributed by atoms with van der Waals surface area (Å²) in [5.41, 5.74) is 1.47. The first kappa shape index (κ1) is 17.9. The maximum Gasteiger partial charge on any atom is 0.410 e. The minimum atomic E-state index is -0.375. The number of hydrogen-bond donors (Lipinski definition) is 1. The molecule has 0 aliphatic carbocycles. The van der Waals surface area contributed by atoms with Crippen LogP contribution < -0.4 is 5.32 Å². The van der Waals surface area contributed by atoms with Crippen molar-refractivity contribution < 1.29 is 9.53 Å². The van der Waals surface area contributed by atoms with Gasteiger partial charge in [0.05, 0.1) is 12.1 Å². The van der Waals surface area contributed by atoms with Crippen molar-refractivity contribution in [3.8, 4) is 11.8 Å². The van der Waals surface area contributed by atoms with Crippen molar-refractivity contribution in [3.05, 3.63) is 35.5 Å². The number of hydrogen-bond acceptors (Lipinski definition) is 4. The van der Waals surface area contributed by atoms with E-state index in [1.165, 1.54) is 0 Å². The van der Waals surface area contributed by atoms with E-state index < -0.39 is 0 Å². The van der Waals surface area contributed by atoms with Gasteiger partial charge in [-0.15, -0.1) is 0 Å². The van der Waals surface area contributed by atoms with Crippen molar-refractivity contribution in [2.75, 3.05) is 25.5 Å². The van der Waals surface area contributed by atoms with Crippen LogP contribution >= 0.6 is 0 Å². The van der Waals surface area contributed by atoms with Gasteiger partial charge < -0.3 is 10.1 Å². The van der Waals surface area contributed by atoms with Gasteiger partial charge in [0.15, 0.2) is 0 Å². The standard InChI is InChI=1S/C19H25N3O2/c1-5-14-24-18(23)22-13-12-15(19(22,2)3)8-6-9-16-10-7-11-17(20-4)21-16/h7-8,10-11H,5,12-14H2,1-4H3,(H,20,21)/b15-8+. The highest BCUT2D eigenvalue weighted by atomic mass is 16.6. The number of ether oxygens (including phenoxy) is 1. The molecule has 24 heavy (non-hydrogen) atoms. The first-order valence-electron chi connectivity index (χ1n) is 8.29. The molecule has 1 aromatic rings. The second-order valence-corrected chi connectivity index (χ2v) is 6.17. The molecule has 1 aromatic heterocycles. The Morgan fingerprint density at radius 1 is 1.50 bits per heavy atom. The molecule has 0 bridgehead atoms. The Morgan fingerprint density at radius 2 is 2.29 bits per heavy atom. The van der Waals surface area contributed by atoms with Gasteiger partial charge in [-0.2, -0.15) is 0 Å². The van der Waals surface area contributed by atoms with E-state index in [-0.39, 0.29) is 11.6 Å². The molecule has 1 amide bonds. The van der Waals surface area contributed by atoms with Crippen LogP contribution in [0.25, 0.3) is 0 Å². The lowest BCUT2D eigenvalue weighted by atomic mass is 9.95. The van der Waals surface area contributed by atoms with E-state index >= 15 is 0 Å². The Kier molecular flexibility index (Phi) is 5.86. The number of allylic oxidation sites excluding steroid dienone is 1. The zero-order valence-corrected chi connectivity index (χ0v) is 14.8. The van der Waals surface area contributed by atoms with Crippen LogP contribution in [0.5, 0.6) is 0 Å². The van der Waals surface area contributed by atoms with E-state index in [0.717, 1.165) is 24.2 Å². The maximum absolute atomic E-state index is 12.2. The largest absolute Gasteiger partial charge is 0.449 e. The van der Waals surface area contributed by atoms with Crippen LogP contribution in [0.15, 0.2) is 29.8 Å². The lowest BCUT2D eigenvalue weighted by Crippen LogP contribution is -2.43. The van der Waals surface area contributed by atoms with Gasteiger partial charge in [-0.1, -0.05) is 18.9 Å². The Balaban J connectivity index is 2.11. The molecule has 128 valence electrons. The molecule has 1 aliphatic rings. The summed E-state index contributed by atoms with van der Waals surface area (Å²) in [6.07, 6.45) is 3.29. The molecule has 0 aromatic carbocycles. The van der Waals surface area contributed by atoms with Gasteiger partial charge in [-0.3, -0.25) is 4.90 Å². The molecule has 5 heteroatoms. The monoisotopic (exact) mass is 327 g/mol. The van der Waals surface area contributed by atoms with Crippen molar-refractivity contribution >= 4 is 11.9 Å². The smallest absolute Gasteiger partial charge is 0.410 e. The number of likely N-dealkylation sites (tertiary alicyclic amines) is 1. The lowest BCUT2D eigenvalue weighted by Gasteiger charge is -2.31. The summed E-state index contributed by atoms with van der Waals surface area (Å²) in [5.74, 6) is 6.91. The van der Waals surface area contributed by atoms with Crippen LogP contribution in [0.3, 0.4) is 0 Å². The number of anilines is 1. The number of nitrogens with zero attached hydrogens (tertiary/aromatic N) is 2. The normalized spacial score (nSPS) is 17.3. The van der Waals surface area contributed by atoms with E-state index in [2.05, 4.69) is 22.1 Å². The molecule has 2 heterocycles. The maximum atomic E-state index is 12.2. The summed E-state index contributed by atoms with van der Waals surface area (Å²) < 4.78 is 5.27. The molecule has 5 nitrogen and oxygen atoms in total. The quantitative estimate of drug-likeness (QED) is 0.864. The molecule has 0 radical (unpaired) electrons. The fourth-order valence-electron chi connectivity index (χ4n) is 2.67. The number of pyridine rings is 1. The van der Waals surface area contributed by atoms with Crippen LogP contribution in [0, 0.1) is 11.8 Å². The van der Waals surface area contributed by atoms with Crippen molar-refractivity contribution in [1.82, 2.24) is 9.88 Å². The summed E-state index contributed by atoms with van der Waals surface area (Å²) in [5, 5.41) is 2.99.